The van der Waals surface area contributed by atoms with Crippen LogP contribution in [-0.4, -0.2) is 23.6 Å². The molecule has 0 saturated carbocycles. The summed E-state index contributed by atoms with van der Waals surface area (Å²) in [6, 6.07) is 38.5. The number of carbonyl (C=O) groups excluding carboxylic acids is 4. The van der Waals surface area contributed by atoms with E-state index >= 15 is 0 Å². The molecule has 52 heavy (non-hydrogen) atoms. The lowest BCUT2D eigenvalue weighted by Gasteiger charge is -2.29. The van der Waals surface area contributed by atoms with Crippen molar-refractivity contribution in [1.82, 2.24) is 0 Å². The van der Waals surface area contributed by atoms with Crippen molar-refractivity contribution in [3.63, 3.8) is 0 Å². The molecule has 7 rings (SSSR count). The van der Waals surface area contributed by atoms with E-state index in [9.17, 15) is 19.2 Å². The van der Waals surface area contributed by atoms with Crippen molar-refractivity contribution in [2.45, 2.75) is 38.5 Å². The molecule has 2 aliphatic heterocycles. The highest BCUT2D eigenvalue weighted by atomic mass is 16.5. The third kappa shape index (κ3) is 6.54. The van der Waals surface area contributed by atoms with Crippen molar-refractivity contribution in [3.05, 3.63) is 168 Å². The Morgan fingerprint density at radius 2 is 0.558 bits per heavy atom. The van der Waals surface area contributed by atoms with Gasteiger partial charge in [0.1, 0.15) is 23.0 Å². The quantitative estimate of drug-likeness (QED) is 0.136. The third-order valence-corrected chi connectivity index (χ3v) is 9.76. The minimum atomic E-state index is -0.356. The van der Waals surface area contributed by atoms with Gasteiger partial charge in [-0.15, -0.1) is 0 Å². The van der Waals surface area contributed by atoms with Crippen molar-refractivity contribution in [3.8, 4) is 23.0 Å². The zero-order valence-electron chi connectivity index (χ0n) is 29.2. The maximum atomic E-state index is 12.0. The van der Waals surface area contributed by atoms with E-state index in [1.807, 2.05) is 24.3 Å². The van der Waals surface area contributed by atoms with Gasteiger partial charge in [-0.2, -0.15) is 0 Å². The number of hydrogen-bond donors (Lipinski definition) is 0. The number of anilines is 2. The topological polar surface area (TPSA) is 93.2 Å². The first kappa shape index (κ1) is 33.9. The molecule has 0 saturated heterocycles. The van der Waals surface area contributed by atoms with Crippen LogP contribution in [-0.2, 0) is 30.0 Å². The number of imide groups is 2. The molecule has 5 aromatic carbocycles. The van der Waals surface area contributed by atoms with Crippen LogP contribution in [0.3, 0.4) is 0 Å². The third-order valence-electron chi connectivity index (χ3n) is 9.76. The predicted octanol–water partition coefficient (Wildman–Crippen LogP) is 8.78. The monoisotopic (exact) mass is 688 g/mol. The number of amides is 4. The number of benzene rings is 5. The summed E-state index contributed by atoms with van der Waals surface area (Å²) in [6.45, 7) is 8.80. The molecule has 258 valence electrons. The lowest BCUT2D eigenvalue weighted by Crippen LogP contribution is -2.29. The van der Waals surface area contributed by atoms with Gasteiger partial charge in [0, 0.05) is 35.1 Å². The van der Waals surface area contributed by atoms with Crippen molar-refractivity contribution in [2.24, 2.45) is 0 Å². The maximum absolute atomic E-state index is 12.0. The van der Waals surface area contributed by atoms with Crippen LogP contribution >= 0.6 is 0 Å². The number of hydrogen-bond acceptors (Lipinski definition) is 6. The van der Waals surface area contributed by atoms with Crippen molar-refractivity contribution < 1.29 is 28.7 Å². The van der Waals surface area contributed by atoms with E-state index < -0.39 is 0 Å². The summed E-state index contributed by atoms with van der Waals surface area (Å²) in [5.41, 5.74) is 5.11. The molecule has 0 bridgehead atoms. The molecule has 0 fully saturated rings. The van der Waals surface area contributed by atoms with Gasteiger partial charge in [0.15, 0.2) is 0 Å². The van der Waals surface area contributed by atoms with Crippen molar-refractivity contribution >= 4 is 35.0 Å². The second-order valence-corrected chi connectivity index (χ2v) is 13.8. The zero-order valence-corrected chi connectivity index (χ0v) is 29.2. The molecule has 4 amide bonds. The van der Waals surface area contributed by atoms with Crippen LogP contribution in [0.1, 0.15) is 49.9 Å². The minimum absolute atomic E-state index is 0.265. The molecular formula is C44H36N2O6. The van der Waals surface area contributed by atoms with E-state index in [2.05, 4.69) is 76.2 Å². The zero-order chi connectivity index (χ0) is 36.6. The van der Waals surface area contributed by atoms with Gasteiger partial charge in [0.05, 0.1) is 11.4 Å². The summed E-state index contributed by atoms with van der Waals surface area (Å²) in [5.74, 6) is 1.14. The lowest BCUT2D eigenvalue weighted by atomic mass is 9.74. The molecular weight excluding hydrogens is 652 g/mol. The first-order valence-electron chi connectivity index (χ1n) is 16.9. The van der Waals surface area contributed by atoms with E-state index in [1.165, 1.54) is 35.4 Å². The lowest BCUT2D eigenvalue weighted by molar-refractivity contribution is -0.121. The summed E-state index contributed by atoms with van der Waals surface area (Å²) in [4.78, 5) is 50.1. The predicted molar refractivity (Wildman–Crippen MR) is 200 cm³/mol. The van der Waals surface area contributed by atoms with Crippen LogP contribution < -0.4 is 19.3 Å². The fraction of sp³-hybridized carbons (Fsp3) is 0.136. The molecule has 8 nitrogen and oxygen atoms in total. The molecule has 0 aromatic heterocycles. The Hall–Kier alpha value is -6.54. The first-order valence-corrected chi connectivity index (χ1v) is 16.9. The highest BCUT2D eigenvalue weighted by Crippen LogP contribution is 2.37. The second-order valence-electron chi connectivity index (χ2n) is 13.8. The van der Waals surface area contributed by atoms with Crippen molar-refractivity contribution in [2.75, 3.05) is 9.80 Å². The minimum Gasteiger partial charge on any atom is -0.457 e. The van der Waals surface area contributed by atoms with Gasteiger partial charge in [0.25, 0.3) is 23.6 Å². The maximum Gasteiger partial charge on any atom is 0.258 e. The van der Waals surface area contributed by atoms with E-state index in [4.69, 9.17) is 9.47 Å². The molecule has 0 spiro atoms. The van der Waals surface area contributed by atoms with Crippen LogP contribution in [0.5, 0.6) is 23.0 Å². The normalized spacial score (nSPS) is 14.5. The smallest absolute Gasteiger partial charge is 0.258 e. The van der Waals surface area contributed by atoms with Crippen molar-refractivity contribution in [1.29, 1.82) is 0 Å². The molecule has 2 aliphatic rings. The van der Waals surface area contributed by atoms with E-state index in [1.54, 1.807) is 48.5 Å². The fourth-order valence-electron chi connectivity index (χ4n) is 6.42. The number of rotatable bonds is 10. The molecule has 0 N–H and O–H groups in total. The molecule has 0 unspecified atom stereocenters. The molecule has 0 atom stereocenters. The SMILES string of the molecule is CC(C)(c1ccc(Oc2ccc(N3C(=O)C=CC3=O)cc2)cc1)c1ccc(C(C)(C)c2ccc(Oc3ccc(N4C(=O)C=CC4=O)cc3)cc2)cc1. The molecule has 8 heteroatoms. The Labute approximate surface area is 302 Å². The number of ether oxygens (including phenoxy) is 2. The largest absolute Gasteiger partial charge is 0.457 e. The van der Waals surface area contributed by atoms with Crippen LogP contribution in [0.4, 0.5) is 11.4 Å². The van der Waals surface area contributed by atoms with Gasteiger partial charge < -0.3 is 9.47 Å². The van der Waals surface area contributed by atoms with Gasteiger partial charge >= 0.3 is 0 Å². The molecule has 5 aromatic rings. The summed E-state index contributed by atoms with van der Waals surface area (Å²) in [6.07, 6.45) is 5.05. The van der Waals surface area contributed by atoms with Crippen LogP contribution in [0.15, 0.2) is 146 Å². The Morgan fingerprint density at radius 1 is 0.346 bits per heavy atom. The average Bonchev–Trinajstić information content (AvgIpc) is 3.67. The number of carbonyl (C=O) groups is 4. The van der Waals surface area contributed by atoms with E-state index in [-0.39, 0.29) is 34.5 Å². The molecule has 0 radical (unpaired) electrons. The van der Waals surface area contributed by atoms with E-state index in [0.717, 1.165) is 20.9 Å². The van der Waals surface area contributed by atoms with Gasteiger partial charge in [-0.1, -0.05) is 76.2 Å². The Morgan fingerprint density at radius 3 is 0.808 bits per heavy atom. The Balaban J connectivity index is 0.980. The summed E-state index contributed by atoms with van der Waals surface area (Å²) < 4.78 is 12.1. The van der Waals surface area contributed by atoms with Crippen LogP contribution in [0.2, 0.25) is 0 Å². The molecule has 0 aliphatic carbocycles. The summed E-state index contributed by atoms with van der Waals surface area (Å²) in [5, 5.41) is 0. The van der Waals surface area contributed by atoms with E-state index in [0.29, 0.717) is 34.4 Å². The second kappa shape index (κ2) is 13.3. The fourth-order valence-corrected chi connectivity index (χ4v) is 6.42. The Kier molecular flexibility index (Phi) is 8.68. The first-order chi connectivity index (χ1) is 24.9. The molecule has 2 heterocycles. The average molecular weight is 689 g/mol. The summed E-state index contributed by atoms with van der Waals surface area (Å²) in [7, 11) is 0. The summed E-state index contributed by atoms with van der Waals surface area (Å²) >= 11 is 0. The Bertz CT molecular complexity index is 2030. The van der Waals surface area contributed by atoms with Gasteiger partial charge in [-0.25, -0.2) is 9.80 Å². The van der Waals surface area contributed by atoms with Gasteiger partial charge in [0.2, 0.25) is 0 Å². The van der Waals surface area contributed by atoms with Gasteiger partial charge in [-0.3, -0.25) is 19.2 Å². The number of nitrogens with zero attached hydrogens (tertiary/aromatic N) is 2. The highest BCUT2D eigenvalue weighted by Gasteiger charge is 2.28. The highest BCUT2D eigenvalue weighted by molar-refractivity contribution is 6.28. The van der Waals surface area contributed by atoms with Crippen LogP contribution in [0, 0.1) is 0 Å². The standard InChI is InChI=1S/C44H36N2O6/c1-43(2,31-9-17-35(18-10-31)51-37-21-13-33(14-22-37)45-39(47)25-26-40(45)48)29-5-7-30(8-6-29)44(3,4)32-11-19-36(20-12-32)52-38-23-15-34(16-24-38)46-41(49)27-28-42(46)50/h5-28H,1-4H3. The van der Waals surface area contributed by atoms with Gasteiger partial charge in [-0.05, 0) is 95.1 Å². The van der Waals surface area contributed by atoms with Crippen LogP contribution in [0.25, 0.3) is 0 Å².